The van der Waals surface area contributed by atoms with E-state index in [4.69, 9.17) is 0 Å². The van der Waals surface area contributed by atoms with E-state index in [9.17, 15) is 9.18 Å². The van der Waals surface area contributed by atoms with Crippen molar-refractivity contribution in [1.82, 2.24) is 20.1 Å². The Hall–Kier alpha value is -3.06. The van der Waals surface area contributed by atoms with Gasteiger partial charge in [-0.2, -0.15) is 5.10 Å². The number of H-pyrrole nitrogens is 1. The van der Waals surface area contributed by atoms with Crippen LogP contribution in [0.5, 0.6) is 0 Å². The number of piperidine rings is 1. The highest BCUT2D eigenvalue weighted by Gasteiger charge is 2.32. The van der Waals surface area contributed by atoms with Gasteiger partial charge in [-0.05, 0) is 62.7 Å². The third kappa shape index (κ3) is 4.51. The number of aryl methyl sites for hydroxylation is 1. The van der Waals surface area contributed by atoms with E-state index >= 15 is 0 Å². The molecule has 1 atom stereocenters. The summed E-state index contributed by atoms with van der Waals surface area (Å²) in [7, 11) is 0. The Morgan fingerprint density at radius 1 is 1.14 bits per heavy atom. The monoisotopic (exact) mass is 393 g/mol. The number of amides is 1. The van der Waals surface area contributed by atoms with Gasteiger partial charge < -0.3 is 5.32 Å². The van der Waals surface area contributed by atoms with Gasteiger partial charge in [-0.1, -0.05) is 30.3 Å². The van der Waals surface area contributed by atoms with Crippen molar-refractivity contribution < 1.29 is 9.18 Å². The molecule has 1 aromatic heterocycles. The molecule has 6 nitrogen and oxygen atoms in total. The van der Waals surface area contributed by atoms with E-state index in [1.54, 1.807) is 12.1 Å². The zero-order valence-corrected chi connectivity index (χ0v) is 16.3. The zero-order chi connectivity index (χ0) is 20.2. The summed E-state index contributed by atoms with van der Waals surface area (Å²) in [6.45, 7) is 3.44. The maximum Gasteiger partial charge on any atom is 0.246 e. The van der Waals surface area contributed by atoms with Crippen LogP contribution in [0.1, 0.15) is 42.0 Å². The zero-order valence-electron chi connectivity index (χ0n) is 16.3. The molecule has 29 heavy (non-hydrogen) atoms. The molecule has 1 amide bonds. The number of benzene rings is 2. The number of nitrogens with one attached hydrogen (secondary N) is 2. The number of aromatic amines is 1. The molecule has 0 radical (unpaired) electrons. The van der Waals surface area contributed by atoms with E-state index in [1.165, 1.54) is 12.1 Å². The molecular formula is C22H24FN5O. The van der Waals surface area contributed by atoms with E-state index in [0.29, 0.717) is 11.6 Å². The van der Waals surface area contributed by atoms with Crippen molar-refractivity contribution in [1.29, 1.82) is 0 Å². The maximum atomic E-state index is 13.2. The van der Waals surface area contributed by atoms with Crippen LogP contribution in [0.25, 0.3) is 0 Å². The Morgan fingerprint density at radius 3 is 2.45 bits per heavy atom. The van der Waals surface area contributed by atoms with Gasteiger partial charge in [0.2, 0.25) is 5.91 Å². The lowest BCUT2D eigenvalue weighted by Gasteiger charge is -2.36. The summed E-state index contributed by atoms with van der Waals surface area (Å²) < 4.78 is 13.2. The third-order valence-electron chi connectivity index (χ3n) is 5.35. The largest absolute Gasteiger partial charge is 0.324 e. The molecule has 150 valence electrons. The maximum absolute atomic E-state index is 13.2. The lowest BCUT2D eigenvalue weighted by atomic mass is 9.93. The average Bonchev–Trinajstić information content (AvgIpc) is 3.18. The van der Waals surface area contributed by atoms with E-state index < -0.39 is 6.04 Å². The number of nitrogens with zero attached hydrogens (tertiary/aromatic N) is 3. The van der Waals surface area contributed by atoms with Crippen molar-refractivity contribution in [3.05, 3.63) is 77.6 Å². The van der Waals surface area contributed by atoms with Crippen LogP contribution >= 0.6 is 0 Å². The fourth-order valence-corrected chi connectivity index (χ4v) is 3.87. The fraction of sp³-hybridized carbons (Fsp3) is 0.318. The second kappa shape index (κ2) is 8.53. The predicted molar refractivity (Wildman–Crippen MR) is 109 cm³/mol. The van der Waals surface area contributed by atoms with E-state index in [-0.39, 0.29) is 11.7 Å². The van der Waals surface area contributed by atoms with Crippen LogP contribution in [-0.2, 0) is 4.79 Å². The predicted octanol–water partition coefficient (Wildman–Crippen LogP) is 3.81. The van der Waals surface area contributed by atoms with Crippen LogP contribution in [0.4, 0.5) is 10.1 Å². The summed E-state index contributed by atoms with van der Waals surface area (Å²) in [5.41, 5.74) is 1.53. The van der Waals surface area contributed by atoms with Crippen molar-refractivity contribution in [2.45, 2.75) is 31.7 Å². The quantitative estimate of drug-likeness (QED) is 0.691. The summed E-state index contributed by atoms with van der Waals surface area (Å²) in [6.07, 6.45) is 1.79. The minimum absolute atomic E-state index is 0.116. The van der Waals surface area contributed by atoms with Crippen molar-refractivity contribution in [3.63, 3.8) is 0 Å². The molecule has 4 rings (SSSR count). The number of hydrogen-bond donors (Lipinski definition) is 2. The number of likely N-dealkylation sites (tertiary alicyclic amines) is 1. The highest BCUT2D eigenvalue weighted by molar-refractivity contribution is 5.95. The van der Waals surface area contributed by atoms with Crippen LogP contribution in [-0.4, -0.2) is 39.1 Å². The van der Waals surface area contributed by atoms with Crippen molar-refractivity contribution in [3.8, 4) is 0 Å². The summed E-state index contributed by atoms with van der Waals surface area (Å²) in [5, 5.41) is 10.1. The average molecular weight is 393 g/mol. The van der Waals surface area contributed by atoms with Gasteiger partial charge in [-0.3, -0.25) is 14.8 Å². The van der Waals surface area contributed by atoms with E-state index in [2.05, 4.69) is 25.4 Å². The molecular weight excluding hydrogens is 369 g/mol. The van der Waals surface area contributed by atoms with Gasteiger partial charge in [0.05, 0.1) is 0 Å². The van der Waals surface area contributed by atoms with E-state index in [0.717, 1.165) is 43.1 Å². The number of hydrogen-bond acceptors (Lipinski definition) is 4. The molecule has 0 aliphatic carbocycles. The molecule has 2 N–H and O–H groups in total. The van der Waals surface area contributed by atoms with Crippen LogP contribution in [0.3, 0.4) is 0 Å². The summed E-state index contributed by atoms with van der Waals surface area (Å²) >= 11 is 0. The molecule has 1 aliphatic heterocycles. The smallest absolute Gasteiger partial charge is 0.246 e. The lowest BCUT2D eigenvalue weighted by molar-refractivity contribution is -0.122. The summed E-state index contributed by atoms with van der Waals surface area (Å²) in [6, 6.07) is 15.2. The summed E-state index contributed by atoms with van der Waals surface area (Å²) in [5.74, 6) is 1.53. The molecule has 3 aromatic rings. The standard InChI is InChI=1S/C22H24FN5O/c1-15-24-21(27-26-15)17-11-13-28(14-12-17)20(16-5-3-2-4-6-16)22(29)25-19-9-7-18(23)8-10-19/h2-10,17,20H,11-14H2,1H3,(H,25,29)(H,24,26,27). The van der Waals surface area contributed by atoms with Gasteiger partial charge in [0.1, 0.15) is 17.7 Å². The van der Waals surface area contributed by atoms with Gasteiger partial charge in [-0.15, -0.1) is 0 Å². The molecule has 2 aromatic carbocycles. The minimum Gasteiger partial charge on any atom is -0.324 e. The van der Waals surface area contributed by atoms with E-state index in [1.807, 2.05) is 37.3 Å². The van der Waals surface area contributed by atoms with Gasteiger partial charge in [0.15, 0.2) is 5.82 Å². The number of carbonyl (C=O) groups is 1. The lowest BCUT2D eigenvalue weighted by Crippen LogP contribution is -2.42. The Bertz CT molecular complexity index is 949. The first-order valence-corrected chi connectivity index (χ1v) is 9.84. The highest BCUT2D eigenvalue weighted by Crippen LogP contribution is 2.31. The molecule has 7 heteroatoms. The second-order valence-electron chi connectivity index (χ2n) is 7.40. The molecule has 0 saturated carbocycles. The first-order valence-electron chi connectivity index (χ1n) is 9.84. The fourth-order valence-electron chi connectivity index (χ4n) is 3.87. The van der Waals surface area contributed by atoms with Crippen molar-refractivity contribution in [2.24, 2.45) is 0 Å². The van der Waals surface area contributed by atoms with Crippen LogP contribution in [0, 0.1) is 12.7 Å². The Morgan fingerprint density at radius 2 is 1.83 bits per heavy atom. The molecule has 1 aliphatic rings. The first kappa shape index (κ1) is 19.3. The Balaban J connectivity index is 1.50. The van der Waals surface area contributed by atoms with Gasteiger partial charge in [0, 0.05) is 11.6 Å². The van der Waals surface area contributed by atoms with Crippen LogP contribution in [0.15, 0.2) is 54.6 Å². The number of anilines is 1. The number of halogens is 1. The molecule has 2 heterocycles. The minimum atomic E-state index is -0.406. The van der Waals surface area contributed by atoms with Crippen LogP contribution < -0.4 is 5.32 Å². The first-order chi connectivity index (χ1) is 14.1. The Kier molecular flexibility index (Phi) is 5.67. The second-order valence-corrected chi connectivity index (χ2v) is 7.40. The molecule has 0 bridgehead atoms. The SMILES string of the molecule is Cc1nc(C2CCN(C(C(=O)Nc3ccc(F)cc3)c3ccccc3)CC2)n[nH]1. The molecule has 1 saturated heterocycles. The van der Waals surface area contributed by atoms with Gasteiger partial charge in [-0.25, -0.2) is 9.37 Å². The van der Waals surface area contributed by atoms with Crippen LogP contribution in [0.2, 0.25) is 0 Å². The topological polar surface area (TPSA) is 73.9 Å². The normalized spacial score (nSPS) is 16.5. The number of rotatable bonds is 5. The highest BCUT2D eigenvalue weighted by atomic mass is 19.1. The molecule has 1 fully saturated rings. The number of aromatic nitrogens is 3. The third-order valence-corrected chi connectivity index (χ3v) is 5.35. The van der Waals surface area contributed by atoms with Gasteiger partial charge in [0.25, 0.3) is 0 Å². The number of carbonyl (C=O) groups excluding carboxylic acids is 1. The Labute approximate surface area is 169 Å². The molecule has 0 spiro atoms. The summed E-state index contributed by atoms with van der Waals surface area (Å²) in [4.78, 5) is 19.8. The van der Waals surface area contributed by atoms with Gasteiger partial charge >= 0.3 is 0 Å². The van der Waals surface area contributed by atoms with Crippen molar-refractivity contribution >= 4 is 11.6 Å². The molecule has 1 unspecified atom stereocenters. The van der Waals surface area contributed by atoms with Crippen molar-refractivity contribution in [2.75, 3.05) is 18.4 Å².